The molecule has 1 fully saturated rings. The van der Waals surface area contributed by atoms with E-state index in [9.17, 15) is 0 Å². The summed E-state index contributed by atoms with van der Waals surface area (Å²) < 4.78 is 2.36. The van der Waals surface area contributed by atoms with Crippen LogP contribution in [-0.2, 0) is 0 Å². The van der Waals surface area contributed by atoms with Gasteiger partial charge in [0.1, 0.15) is 0 Å². The molecule has 0 spiro atoms. The SMILES string of the molecule is C[C@H]1CCC[C@H]1n1cccc1. The second kappa shape index (κ2) is 2.72. The van der Waals surface area contributed by atoms with E-state index in [4.69, 9.17) is 0 Å². The van der Waals surface area contributed by atoms with E-state index in [0.29, 0.717) is 0 Å². The summed E-state index contributed by atoms with van der Waals surface area (Å²) in [5.41, 5.74) is 0. The Morgan fingerprint density at radius 1 is 1.18 bits per heavy atom. The summed E-state index contributed by atoms with van der Waals surface area (Å²) in [5, 5.41) is 0. The lowest BCUT2D eigenvalue weighted by atomic mass is 10.1. The van der Waals surface area contributed by atoms with Crippen molar-refractivity contribution >= 4 is 0 Å². The third-order valence-corrected chi connectivity index (χ3v) is 2.83. The molecule has 0 bridgehead atoms. The molecule has 1 heteroatoms. The summed E-state index contributed by atoms with van der Waals surface area (Å²) in [5.74, 6) is 0.877. The summed E-state index contributed by atoms with van der Waals surface area (Å²) >= 11 is 0. The molecule has 1 aromatic rings. The van der Waals surface area contributed by atoms with Crippen LogP contribution >= 0.6 is 0 Å². The molecule has 0 radical (unpaired) electrons. The minimum absolute atomic E-state index is 0.782. The van der Waals surface area contributed by atoms with Crippen molar-refractivity contribution in [2.75, 3.05) is 0 Å². The molecule has 2 atom stereocenters. The summed E-state index contributed by atoms with van der Waals surface area (Å²) in [7, 11) is 0. The number of aromatic nitrogens is 1. The fourth-order valence-corrected chi connectivity index (χ4v) is 2.14. The van der Waals surface area contributed by atoms with Gasteiger partial charge < -0.3 is 4.57 Å². The van der Waals surface area contributed by atoms with Crippen molar-refractivity contribution in [3.63, 3.8) is 0 Å². The van der Waals surface area contributed by atoms with Crippen LogP contribution in [0.25, 0.3) is 0 Å². The molecule has 0 N–H and O–H groups in total. The first kappa shape index (κ1) is 6.96. The highest BCUT2D eigenvalue weighted by molar-refractivity contribution is 4.95. The highest BCUT2D eigenvalue weighted by atomic mass is 15.0. The summed E-state index contributed by atoms with van der Waals surface area (Å²) in [6.45, 7) is 2.36. The first-order valence-electron chi connectivity index (χ1n) is 4.50. The molecule has 2 rings (SSSR count). The second-order valence-corrected chi connectivity index (χ2v) is 3.61. The maximum atomic E-state index is 2.36. The topological polar surface area (TPSA) is 4.93 Å². The van der Waals surface area contributed by atoms with Crippen LogP contribution in [0.5, 0.6) is 0 Å². The third-order valence-electron chi connectivity index (χ3n) is 2.83. The molecule has 1 saturated carbocycles. The van der Waals surface area contributed by atoms with E-state index < -0.39 is 0 Å². The Kier molecular flexibility index (Phi) is 1.72. The Morgan fingerprint density at radius 3 is 2.45 bits per heavy atom. The third kappa shape index (κ3) is 1.20. The van der Waals surface area contributed by atoms with Crippen molar-refractivity contribution in [3.8, 4) is 0 Å². The van der Waals surface area contributed by atoms with Crippen molar-refractivity contribution in [2.24, 2.45) is 5.92 Å². The maximum Gasteiger partial charge on any atom is 0.0356 e. The maximum absolute atomic E-state index is 2.36. The largest absolute Gasteiger partial charge is 0.351 e. The lowest BCUT2D eigenvalue weighted by Crippen LogP contribution is -2.08. The van der Waals surface area contributed by atoms with Crippen molar-refractivity contribution in [1.29, 1.82) is 0 Å². The first-order chi connectivity index (χ1) is 5.38. The van der Waals surface area contributed by atoms with Gasteiger partial charge in [0.05, 0.1) is 0 Å². The highest BCUT2D eigenvalue weighted by Crippen LogP contribution is 2.34. The smallest absolute Gasteiger partial charge is 0.0356 e. The zero-order valence-corrected chi connectivity index (χ0v) is 7.03. The fraction of sp³-hybridized carbons (Fsp3) is 0.600. The van der Waals surface area contributed by atoms with E-state index in [-0.39, 0.29) is 0 Å². The predicted octanol–water partition coefficient (Wildman–Crippen LogP) is 2.85. The molecule has 0 aromatic carbocycles. The van der Waals surface area contributed by atoms with Crippen molar-refractivity contribution in [3.05, 3.63) is 24.5 Å². The molecule has 0 amide bonds. The Bertz CT molecular complexity index is 213. The number of nitrogens with zero attached hydrogens (tertiary/aromatic N) is 1. The highest BCUT2D eigenvalue weighted by Gasteiger charge is 2.23. The van der Waals surface area contributed by atoms with Crippen LogP contribution < -0.4 is 0 Å². The molecule has 0 unspecified atom stereocenters. The summed E-state index contributed by atoms with van der Waals surface area (Å²) in [6, 6.07) is 5.01. The monoisotopic (exact) mass is 149 g/mol. The Hall–Kier alpha value is -0.720. The molecule has 1 nitrogen and oxygen atoms in total. The molecule has 1 aliphatic carbocycles. The van der Waals surface area contributed by atoms with Gasteiger partial charge in [-0.05, 0) is 30.9 Å². The molecule has 1 heterocycles. The Labute approximate surface area is 68.0 Å². The van der Waals surface area contributed by atoms with Crippen LogP contribution in [-0.4, -0.2) is 4.57 Å². The van der Waals surface area contributed by atoms with Crippen molar-refractivity contribution in [2.45, 2.75) is 32.2 Å². The molecule has 0 saturated heterocycles. The zero-order valence-electron chi connectivity index (χ0n) is 7.03. The minimum Gasteiger partial charge on any atom is -0.351 e. The van der Waals surface area contributed by atoms with E-state index >= 15 is 0 Å². The van der Waals surface area contributed by atoms with E-state index in [1.165, 1.54) is 19.3 Å². The lowest BCUT2D eigenvalue weighted by Gasteiger charge is -2.16. The molecule has 11 heavy (non-hydrogen) atoms. The average Bonchev–Trinajstić information content (AvgIpc) is 2.55. The number of hydrogen-bond donors (Lipinski definition) is 0. The average molecular weight is 149 g/mol. The van der Waals surface area contributed by atoms with Gasteiger partial charge in [-0.3, -0.25) is 0 Å². The molecule has 60 valence electrons. The Balaban J connectivity index is 2.16. The van der Waals surface area contributed by atoms with E-state index in [0.717, 1.165) is 12.0 Å². The Morgan fingerprint density at radius 2 is 1.91 bits per heavy atom. The molecule has 1 aliphatic rings. The van der Waals surface area contributed by atoms with Gasteiger partial charge in [-0.25, -0.2) is 0 Å². The molecular weight excluding hydrogens is 134 g/mol. The zero-order chi connectivity index (χ0) is 7.68. The van der Waals surface area contributed by atoms with E-state index in [1.54, 1.807) is 0 Å². The molecular formula is C10H15N. The van der Waals surface area contributed by atoms with Crippen molar-refractivity contribution < 1.29 is 0 Å². The lowest BCUT2D eigenvalue weighted by molar-refractivity contribution is 0.409. The fourth-order valence-electron chi connectivity index (χ4n) is 2.14. The van der Waals surface area contributed by atoms with Gasteiger partial charge in [0.25, 0.3) is 0 Å². The minimum atomic E-state index is 0.782. The quantitative estimate of drug-likeness (QED) is 0.578. The van der Waals surface area contributed by atoms with Crippen LogP contribution in [0.2, 0.25) is 0 Å². The van der Waals surface area contributed by atoms with Gasteiger partial charge in [0.15, 0.2) is 0 Å². The first-order valence-corrected chi connectivity index (χ1v) is 4.50. The van der Waals surface area contributed by atoms with Gasteiger partial charge in [0.2, 0.25) is 0 Å². The van der Waals surface area contributed by atoms with E-state index in [2.05, 4.69) is 36.0 Å². The van der Waals surface area contributed by atoms with Crippen LogP contribution in [0, 0.1) is 5.92 Å². The summed E-state index contributed by atoms with van der Waals surface area (Å²) in [6.07, 6.45) is 8.56. The second-order valence-electron chi connectivity index (χ2n) is 3.61. The van der Waals surface area contributed by atoms with Crippen molar-refractivity contribution in [1.82, 2.24) is 4.57 Å². The standard InChI is InChI=1S/C10H15N/c1-9-5-4-6-10(9)11-7-2-3-8-11/h2-3,7-10H,4-6H2,1H3/t9-,10+/m0/s1. The van der Waals surface area contributed by atoms with Crippen LogP contribution in [0.3, 0.4) is 0 Å². The van der Waals surface area contributed by atoms with Gasteiger partial charge in [-0.15, -0.1) is 0 Å². The van der Waals surface area contributed by atoms with Gasteiger partial charge in [0, 0.05) is 18.4 Å². The normalized spacial score (nSPS) is 31.0. The molecule has 1 aromatic heterocycles. The van der Waals surface area contributed by atoms with Crippen LogP contribution in [0.1, 0.15) is 32.2 Å². The van der Waals surface area contributed by atoms with E-state index in [1.807, 2.05) is 0 Å². The number of rotatable bonds is 1. The molecule has 0 aliphatic heterocycles. The van der Waals surface area contributed by atoms with Gasteiger partial charge >= 0.3 is 0 Å². The van der Waals surface area contributed by atoms with Crippen LogP contribution in [0.15, 0.2) is 24.5 Å². The number of hydrogen-bond acceptors (Lipinski definition) is 0. The van der Waals surface area contributed by atoms with Crippen LogP contribution in [0.4, 0.5) is 0 Å². The van der Waals surface area contributed by atoms with Gasteiger partial charge in [-0.1, -0.05) is 13.3 Å². The van der Waals surface area contributed by atoms with Gasteiger partial charge in [-0.2, -0.15) is 0 Å². The summed E-state index contributed by atoms with van der Waals surface area (Å²) in [4.78, 5) is 0. The predicted molar refractivity (Wildman–Crippen MR) is 46.5 cm³/mol.